The number of unbranched alkanes of at least 4 members (excludes halogenated alkanes) is 2. The van der Waals surface area contributed by atoms with Gasteiger partial charge in [-0.3, -0.25) is 0 Å². The summed E-state index contributed by atoms with van der Waals surface area (Å²) in [6.45, 7) is 5.36. The molecule has 0 aliphatic rings. The fourth-order valence-electron chi connectivity index (χ4n) is 1.66. The zero-order chi connectivity index (χ0) is 10.8. The van der Waals surface area contributed by atoms with Crippen molar-refractivity contribution < 1.29 is 0 Å². The second-order valence-corrected chi connectivity index (χ2v) is 4.72. The molecule has 0 aliphatic heterocycles. The topological polar surface area (TPSA) is 52.0 Å². The minimum atomic E-state index is 0.423. The molecule has 2 heteroatoms. The Hall–Kier alpha value is -0.0800. The van der Waals surface area contributed by atoms with Gasteiger partial charge in [-0.2, -0.15) is 0 Å². The maximum atomic E-state index is 6.01. The van der Waals surface area contributed by atoms with E-state index in [1.165, 1.54) is 38.5 Å². The SMILES string of the molecule is CC(C)CCCC(N)CCCCCN. The van der Waals surface area contributed by atoms with Crippen molar-refractivity contribution in [3.8, 4) is 0 Å². The van der Waals surface area contributed by atoms with Crippen LogP contribution in [0.4, 0.5) is 0 Å². The molecule has 0 heterocycles. The van der Waals surface area contributed by atoms with Crippen LogP contribution < -0.4 is 11.5 Å². The van der Waals surface area contributed by atoms with E-state index < -0.39 is 0 Å². The maximum absolute atomic E-state index is 6.01. The second-order valence-electron chi connectivity index (χ2n) is 4.72. The van der Waals surface area contributed by atoms with Crippen molar-refractivity contribution in [1.82, 2.24) is 0 Å². The van der Waals surface area contributed by atoms with E-state index in [4.69, 9.17) is 11.5 Å². The zero-order valence-electron chi connectivity index (χ0n) is 9.97. The molecule has 0 saturated carbocycles. The van der Waals surface area contributed by atoms with E-state index in [-0.39, 0.29) is 0 Å². The van der Waals surface area contributed by atoms with Gasteiger partial charge in [0.25, 0.3) is 0 Å². The van der Waals surface area contributed by atoms with Crippen LogP contribution in [0.15, 0.2) is 0 Å². The summed E-state index contributed by atoms with van der Waals surface area (Å²) < 4.78 is 0. The highest BCUT2D eigenvalue weighted by Crippen LogP contribution is 2.11. The Kier molecular flexibility index (Phi) is 9.42. The maximum Gasteiger partial charge on any atom is 0.00388 e. The smallest absolute Gasteiger partial charge is 0.00388 e. The fraction of sp³-hybridized carbons (Fsp3) is 1.00. The van der Waals surface area contributed by atoms with Crippen LogP contribution in [0.5, 0.6) is 0 Å². The number of hydrogen-bond donors (Lipinski definition) is 2. The summed E-state index contributed by atoms with van der Waals surface area (Å²) in [5.41, 5.74) is 11.4. The van der Waals surface area contributed by atoms with Crippen molar-refractivity contribution in [2.75, 3.05) is 6.54 Å². The number of nitrogens with two attached hydrogens (primary N) is 2. The minimum Gasteiger partial charge on any atom is -0.330 e. The summed E-state index contributed by atoms with van der Waals surface area (Å²) in [7, 11) is 0. The quantitative estimate of drug-likeness (QED) is 0.562. The Bertz CT molecular complexity index is 113. The van der Waals surface area contributed by atoms with E-state index in [1.807, 2.05) is 0 Å². The van der Waals surface area contributed by atoms with Crippen molar-refractivity contribution in [3.63, 3.8) is 0 Å². The first-order valence-corrected chi connectivity index (χ1v) is 6.12. The summed E-state index contributed by atoms with van der Waals surface area (Å²) in [6.07, 6.45) is 8.62. The molecular formula is C12H28N2. The molecule has 0 aliphatic carbocycles. The lowest BCUT2D eigenvalue weighted by Gasteiger charge is -2.11. The molecule has 0 aromatic rings. The molecule has 0 fully saturated rings. The average molecular weight is 200 g/mol. The van der Waals surface area contributed by atoms with E-state index in [9.17, 15) is 0 Å². The fourth-order valence-corrected chi connectivity index (χ4v) is 1.66. The van der Waals surface area contributed by atoms with E-state index in [1.54, 1.807) is 0 Å². The molecule has 0 bridgehead atoms. The third kappa shape index (κ3) is 10.0. The zero-order valence-corrected chi connectivity index (χ0v) is 9.97. The standard InChI is InChI=1S/C12H28N2/c1-11(2)7-6-9-12(14)8-4-3-5-10-13/h11-12H,3-10,13-14H2,1-2H3. The van der Waals surface area contributed by atoms with Crippen molar-refractivity contribution >= 4 is 0 Å². The van der Waals surface area contributed by atoms with Crippen LogP contribution >= 0.6 is 0 Å². The molecule has 14 heavy (non-hydrogen) atoms. The molecule has 0 saturated heterocycles. The van der Waals surface area contributed by atoms with Gasteiger partial charge < -0.3 is 11.5 Å². The van der Waals surface area contributed by atoms with E-state index in [0.29, 0.717) is 6.04 Å². The van der Waals surface area contributed by atoms with Gasteiger partial charge in [-0.05, 0) is 31.7 Å². The molecule has 0 amide bonds. The number of rotatable bonds is 9. The molecular weight excluding hydrogens is 172 g/mol. The van der Waals surface area contributed by atoms with E-state index >= 15 is 0 Å². The molecule has 1 atom stereocenters. The van der Waals surface area contributed by atoms with Crippen LogP contribution in [0, 0.1) is 5.92 Å². The van der Waals surface area contributed by atoms with Gasteiger partial charge in [0.05, 0.1) is 0 Å². The molecule has 0 rings (SSSR count). The molecule has 0 aromatic carbocycles. The van der Waals surface area contributed by atoms with Gasteiger partial charge in [0, 0.05) is 6.04 Å². The third-order valence-corrected chi connectivity index (χ3v) is 2.64. The van der Waals surface area contributed by atoms with Crippen LogP contribution in [0.3, 0.4) is 0 Å². The normalized spacial score (nSPS) is 13.5. The molecule has 2 nitrogen and oxygen atoms in total. The Labute approximate surface area is 89.4 Å². The summed E-state index contributed by atoms with van der Waals surface area (Å²) in [5, 5.41) is 0. The van der Waals surface area contributed by atoms with Crippen LogP contribution in [-0.4, -0.2) is 12.6 Å². The van der Waals surface area contributed by atoms with Crippen molar-refractivity contribution in [2.24, 2.45) is 17.4 Å². The molecule has 4 N–H and O–H groups in total. The Morgan fingerprint density at radius 2 is 1.50 bits per heavy atom. The van der Waals surface area contributed by atoms with Gasteiger partial charge in [-0.15, -0.1) is 0 Å². The summed E-state index contributed by atoms with van der Waals surface area (Å²) >= 11 is 0. The van der Waals surface area contributed by atoms with Gasteiger partial charge in [0.2, 0.25) is 0 Å². The van der Waals surface area contributed by atoms with Crippen molar-refractivity contribution in [1.29, 1.82) is 0 Å². The van der Waals surface area contributed by atoms with Crippen LogP contribution in [-0.2, 0) is 0 Å². The monoisotopic (exact) mass is 200 g/mol. The first-order chi connectivity index (χ1) is 6.66. The first-order valence-electron chi connectivity index (χ1n) is 6.12. The van der Waals surface area contributed by atoms with Gasteiger partial charge >= 0.3 is 0 Å². The third-order valence-electron chi connectivity index (χ3n) is 2.64. The molecule has 0 radical (unpaired) electrons. The Balaban J connectivity index is 3.15. The average Bonchev–Trinajstić information content (AvgIpc) is 2.12. The lowest BCUT2D eigenvalue weighted by atomic mass is 10.00. The highest BCUT2D eigenvalue weighted by Gasteiger charge is 2.02. The Morgan fingerprint density at radius 1 is 0.857 bits per heavy atom. The molecule has 0 aromatic heterocycles. The van der Waals surface area contributed by atoms with Gasteiger partial charge in [-0.1, -0.05) is 39.5 Å². The minimum absolute atomic E-state index is 0.423. The van der Waals surface area contributed by atoms with Crippen molar-refractivity contribution in [2.45, 2.75) is 64.8 Å². The first kappa shape index (κ1) is 13.9. The highest BCUT2D eigenvalue weighted by atomic mass is 14.6. The van der Waals surface area contributed by atoms with Gasteiger partial charge in [-0.25, -0.2) is 0 Å². The van der Waals surface area contributed by atoms with Crippen LogP contribution in [0.2, 0.25) is 0 Å². The summed E-state index contributed by atoms with van der Waals surface area (Å²) in [5.74, 6) is 0.819. The van der Waals surface area contributed by atoms with Gasteiger partial charge in [0.15, 0.2) is 0 Å². The molecule has 1 unspecified atom stereocenters. The van der Waals surface area contributed by atoms with E-state index in [2.05, 4.69) is 13.8 Å². The second kappa shape index (κ2) is 9.47. The van der Waals surface area contributed by atoms with Crippen LogP contribution in [0.25, 0.3) is 0 Å². The van der Waals surface area contributed by atoms with Crippen LogP contribution in [0.1, 0.15) is 58.8 Å². The summed E-state index contributed by atoms with van der Waals surface area (Å²) in [4.78, 5) is 0. The predicted octanol–water partition coefficient (Wildman–Crippen LogP) is 2.66. The highest BCUT2D eigenvalue weighted by molar-refractivity contribution is 4.62. The van der Waals surface area contributed by atoms with Crippen molar-refractivity contribution in [3.05, 3.63) is 0 Å². The van der Waals surface area contributed by atoms with Gasteiger partial charge in [0.1, 0.15) is 0 Å². The Morgan fingerprint density at radius 3 is 2.07 bits per heavy atom. The van der Waals surface area contributed by atoms with E-state index in [0.717, 1.165) is 18.9 Å². The predicted molar refractivity (Wildman–Crippen MR) is 64.2 cm³/mol. The lowest BCUT2D eigenvalue weighted by molar-refractivity contribution is 0.468. The largest absolute Gasteiger partial charge is 0.330 e. The number of hydrogen-bond acceptors (Lipinski definition) is 2. The summed E-state index contributed by atoms with van der Waals surface area (Å²) in [6, 6.07) is 0.423. The molecule has 0 spiro atoms. The molecule has 86 valence electrons. The lowest BCUT2D eigenvalue weighted by Crippen LogP contribution is -2.19.